The first-order chi connectivity index (χ1) is 22.6. The summed E-state index contributed by atoms with van der Waals surface area (Å²) in [6.07, 6.45) is 0. The fourth-order valence-electron chi connectivity index (χ4n) is 6.30. The Balaban J connectivity index is 1.43. The Morgan fingerprint density at radius 3 is 0.891 bits per heavy atom. The van der Waals surface area contributed by atoms with Crippen LogP contribution in [0.2, 0.25) is 0 Å². The molecule has 3 aliphatic heterocycles. The molecule has 3 heterocycles. The molecule has 1 saturated heterocycles. The molecule has 9 rings (SSSR count). The van der Waals surface area contributed by atoms with Crippen LogP contribution in [0.25, 0.3) is 0 Å². The average molecular weight is 647 g/mol. The molecule has 0 aliphatic carbocycles. The summed E-state index contributed by atoms with van der Waals surface area (Å²) < 4.78 is 47.3. The van der Waals surface area contributed by atoms with Crippen molar-refractivity contribution in [3.05, 3.63) is 170 Å². The predicted octanol–water partition coefficient (Wildman–Crippen LogP) is 10.4. The third-order valence-electron chi connectivity index (χ3n) is 7.97. The number of hydrogen-bond acceptors (Lipinski definition) is 8. The summed E-state index contributed by atoms with van der Waals surface area (Å²) in [5.41, 5.74) is 1.33. The van der Waals surface area contributed by atoms with Crippen molar-refractivity contribution in [3.63, 3.8) is 0 Å². The van der Waals surface area contributed by atoms with Crippen LogP contribution in [0.1, 0.15) is 0 Å². The van der Waals surface area contributed by atoms with Gasteiger partial charge in [0, 0.05) is 0 Å². The molecule has 0 saturated carbocycles. The number of anilines is 2. The van der Waals surface area contributed by atoms with E-state index in [4.69, 9.17) is 27.1 Å². The molecule has 228 valence electrons. The van der Waals surface area contributed by atoms with Gasteiger partial charge in [-0.1, -0.05) is 0 Å². The molecular weight excluding hydrogens is 618 g/mol. The zero-order chi connectivity index (χ0) is 30.7. The maximum atomic E-state index is 7.28. The minimum atomic E-state index is -4.91. The van der Waals surface area contributed by atoms with Crippen LogP contribution < -0.4 is 36.0 Å². The molecule has 0 N–H and O–H groups in total. The summed E-state index contributed by atoms with van der Waals surface area (Å²) in [6.45, 7) is 0. The Bertz CT molecular complexity index is 1850. The van der Waals surface area contributed by atoms with Crippen molar-refractivity contribution in [2.45, 2.75) is 0 Å². The van der Waals surface area contributed by atoms with Gasteiger partial charge in [-0.3, -0.25) is 0 Å². The molecule has 2 spiro atoms. The number of fused-ring (bicyclic) bond motifs is 2. The van der Waals surface area contributed by atoms with Crippen molar-refractivity contribution in [3.8, 4) is 34.5 Å². The van der Waals surface area contributed by atoms with Crippen LogP contribution in [0, 0.1) is 0 Å². The third kappa shape index (κ3) is 3.51. The molecule has 46 heavy (non-hydrogen) atoms. The molecule has 0 amide bonds. The summed E-state index contributed by atoms with van der Waals surface area (Å²) in [7, 11) is -9.82. The van der Waals surface area contributed by atoms with E-state index in [0.29, 0.717) is 45.9 Å². The molecule has 6 aromatic rings. The predicted molar refractivity (Wildman–Crippen MR) is 181 cm³/mol. The van der Waals surface area contributed by atoms with Crippen LogP contribution in [-0.4, -0.2) is 0 Å². The SMILES string of the molecule is c1ccc(OP23(Oc4ccccc4O2)N(c2ccccc2)P2(Oc4ccccc4)(Oc4ccccc4O2)N3c2ccccc2)cc1. The first-order valence-electron chi connectivity index (χ1n) is 14.9. The van der Waals surface area contributed by atoms with Crippen molar-refractivity contribution in [2.75, 3.05) is 8.88 Å². The number of hydrogen-bond donors (Lipinski definition) is 0. The molecule has 10 heteroatoms. The van der Waals surface area contributed by atoms with Gasteiger partial charge in [0.2, 0.25) is 0 Å². The topological polar surface area (TPSA) is 61.9 Å². The zero-order valence-corrected chi connectivity index (χ0v) is 26.2. The van der Waals surface area contributed by atoms with Gasteiger partial charge in [-0.05, 0) is 0 Å². The van der Waals surface area contributed by atoms with Crippen LogP contribution in [0.3, 0.4) is 0 Å². The summed E-state index contributed by atoms with van der Waals surface area (Å²) in [5.74, 6) is 3.14. The molecule has 0 atom stereocenters. The van der Waals surface area contributed by atoms with Crippen LogP contribution in [0.15, 0.2) is 170 Å². The second-order valence-electron chi connectivity index (χ2n) is 10.9. The van der Waals surface area contributed by atoms with Gasteiger partial charge in [-0.2, -0.15) is 0 Å². The number of benzene rings is 6. The van der Waals surface area contributed by atoms with Crippen molar-refractivity contribution in [1.82, 2.24) is 0 Å². The van der Waals surface area contributed by atoms with E-state index in [9.17, 15) is 0 Å². The number of para-hydroxylation sites is 8. The number of rotatable bonds is 6. The van der Waals surface area contributed by atoms with Gasteiger partial charge in [0.25, 0.3) is 0 Å². The molecule has 6 aromatic carbocycles. The third-order valence-corrected chi connectivity index (χ3v) is 18.1. The van der Waals surface area contributed by atoms with Gasteiger partial charge >= 0.3 is 267 Å². The first kappa shape index (κ1) is 26.9. The molecular formula is C36H28N2O6P2. The summed E-state index contributed by atoms with van der Waals surface area (Å²) in [4.78, 5) is 0. The van der Waals surface area contributed by atoms with E-state index in [1.807, 2.05) is 179 Å². The van der Waals surface area contributed by atoms with Crippen LogP contribution in [0.5, 0.6) is 34.5 Å². The Kier molecular flexibility index (Phi) is 5.59. The normalized spacial score (nSPS) is 20.0. The quantitative estimate of drug-likeness (QED) is 0.166. The second-order valence-corrected chi connectivity index (χ2v) is 17.5. The Morgan fingerprint density at radius 2 is 0.587 bits per heavy atom. The standard InChI is InChI=1S/C36H28N2O6P2/c1-5-17-29(18-6-1)37-45(39-31-21-9-3-10-22-31,41-33-25-13-14-26-34(33)42-45)38(30-19-7-2-8-20-30)46(37,40-32-23-11-4-12-24-32)43-35-27-15-16-28-36(35)44-46/h1-28H. The van der Waals surface area contributed by atoms with E-state index in [0.717, 1.165) is 0 Å². The molecule has 0 bridgehead atoms. The maximum absolute atomic E-state index is 7.28. The van der Waals surface area contributed by atoms with E-state index in [1.165, 1.54) is 0 Å². The molecule has 0 unspecified atom stereocenters. The van der Waals surface area contributed by atoms with Gasteiger partial charge < -0.3 is 0 Å². The molecule has 1 fully saturated rings. The van der Waals surface area contributed by atoms with Crippen molar-refractivity contribution in [2.24, 2.45) is 0 Å². The zero-order valence-electron chi connectivity index (χ0n) is 24.4. The van der Waals surface area contributed by atoms with Crippen molar-refractivity contribution >= 4 is 26.5 Å². The Labute approximate surface area is 266 Å². The summed E-state index contributed by atoms with van der Waals surface area (Å²) in [6, 6.07) is 53.7. The van der Waals surface area contributed by atoms with Gasteiger partial charge in [0.15, 0.2) is 0 Å². The van der Waals surface area contributed by atoms with Gasteiger partial charge in [-0.25, -0.2) is 0 Å². The fraction of sp³-hybridized carbons (Fsp3) is 0. The molecule has 8 nitrogen and oxygen atoms in total. The van der Waals surface area contributed by atoms with E-state index in [-0.39, 0.29) is 0 Å². The van der Waals surface area contributed by atoms with Gasteiger partial charge in [-0.15, -0.1) is 0 Å². The fourth-order valence-corrected chi connectivity index (χ4v) is 18.5. The van der Waals surface area contributed by atoms with E-state index >= 15 is 0 Å². The number of nitrogens with zero attached hydrogens (tertiary/aromatic N) is 2. The van der Waals surface area contributed by atoms with Crippen molar-refractivity contribution < 1.29 is 27.1 Å². The molecule has 0 aromatic heterocycles. The second kappa shape index (κ2) is 9.54. The van der Waals surface area contributed by atoms with Gasteiger partial charge in [0.05, 0.1) is 0 Å². The monoisotopic (exact) mass is 646 g/mol. The van der Waals surface area contributed by atoms with Crippen LogP contribution in [0.4, 0.5) is 11.4 Å². The van der Waals surface area contributed by atoms with Crippen LogP contribution in [-0.2, 0) is 0 Å². The summed E-state index contributed by atoms with van der Waals surface area (Å²) >= 11 is 0. The molecule has 3 aliphatic rings. The van der Waals surface area contributed by atoms with E-state index in [2.05, 4.69) is 0 Å². The van der Waals surface area contributed by atoms with Gasteiger partial charge in [0.1, 0.15) is 0 Å². The minimum absolute atomic E-state index is 0.519. The Morgan fingerprint density at radius 1 is 0.326 bits per heavy atom. The molecule has 0 radical (unpaired) electrons. The Hall–Kier alpha value is -5.42. The average Bonchev–Trinajstić information content (AvgIpc) is 3.61. The summed E-state index contributed by atoms with van der Waals surface area (Å²) in [5, 5.41) is 0. The van der Waals surface area contributed by atoms with Crippen molar-refractivity contribution in [1.29, 1.82) is 0 Å². The van der Waals surface area contributed by atoms with E-state index < -0.39 is 15.2 Å². The first-order valence-corrected chi connectivity index (χ1v) is 18.7. The van der Waals surface area contributed by atoms with Crippen LogP contribution >= 0.6 is 15.2 Å². The van der Waals surface area contributed by atoms with E-state index in [1.54, 1.807) is 0 Å².